The number of hydrogen-bond donors (Lipinski definition) is 2. The van der Waals surface area contributed by atoms with Crippen LogP contribution in [0.4, 0.5) is 4.39 Å². The smallest absolute Gasteiger partial charge is 0.218 e. The van der Waals surface area contributed by atoms with Gasteiger partial charge in [0, 0.05) is 6.54 Å². The number of benzene rings is 1. The molecule has 0 saturated carbocycles. The van der Waals surface area contributed by atoms with Crippen LogP contribution < -0.4 is 9.44 Å². The molecule has 20 heavy (non-hydrogen) atoms. The lowest BCUT2D eigenvalue weighted by atomic mass is 10.1. The maximum absolute atomic E-state index is 13.1. The second-order valence-electron chi connectivity index (χ2n) is 4.29. The Balaban J connectivity index is 2.96. The van der Waals surface area contributed by atoms with Crippen molar-refractivity contribution in [1.29, 1.82) is 0 Å². The molecular formula is C11H17FN2O4S2. The van der Waals surface area contributed by atoms with E-state index in [0.717, 1.165) is 12.1 Å². The van der Waals surface area contributed by atoms with E-state index in [1.807, 2.05) is 0 Å². The zero-order chi connectivity index (χ0) is 15.6. The van der Waals surface area contributed by atoms with Crippen molar-refractivity contribution < 1.29 is 21.2 Å². The van der Waals surface area contributed by atoms with Crippen molar-refractivity contribution >= 4 is 20.0 Å². The highest BCUT2D eigenvalue weighted by molar-refractivity contribution is 7.90. The zero-order valence-corrected chi connectivity index (χ0v) is 13.0. The van der Waals surface area contributed by atoms with Crippen LogP contribution in [0.1, 0.15) is 11.1 Å². The number of halogens is 1. The highest BCUT2D eigenvalue weighted by Crippen LogP contribution is 2.20. The summed E-state index contributed by atoms with van der Waals surface area (Å²) in [6, 6.07) is 2.23. The van der Waals surface area contributed by atoms with Crippen LogP contribution >= 0.6 is 0 Å². The molecule has 1 aromatic rings. The third kappa shape index (κ3) is 4.23. The molecule has 114 valence electrons. The number of sulfonamides is 2. The van der Waals surface area contributed by atoms with Crippen molar-refractivity contribution in [1.82, 2.24) is 9.44 Å². The van der Waals surface area contributed by atoms with Gasteiger partial charge in [-0.15, -0.1) is 0 Å². The highest BCUT2D eigenvalue weighted by atomic mass is 32.2. The standard InChI is InChI=1S/C11H17FN2O4S2/c1-8-6-10(12)7-9(2)11(8)20(17,18)14-4-5-19(15,16)13-3/h6-7,13-14H,4-5H2,1-3H3. The summed E-state index contributed by atoms with van der Waals surface area (Å²) in [6.45, 7) is 2.70. The molecule has 0 aliphatic rings. The molecule has 0 aliphatic carbocycles. The SMILES string of the molecule is CNS(=O)(=O)CCNS(=O)(=O)c1c(C)cc(F)cc1C. The Morgan fingerprint density at radius 1 is 1.10 bits per heavy atom. The lowest BCUT2D eigenvalue weighted by Gasteiger charge is -2.12. The molecule has 0 aliphatic heterocycles. The Labute approximate surface area is 118 Å². The van der Waals surface area contributed by atoms with Gasteiger partial charge in [0.1, 0.15) is 5.82 Å². The first-order chi connectivity index (χ1) is 9.09. The minimum absolute atomic E-state index is 0.0271. The van der Waals surface area contributed by atoms with E-state index in [2.05, 4.69) is 9.44 Å². The minimum Gasteiger partial charge on any atom is -0.218 e. The lowest BCUT2D eigenvalue weighted by molar-refractivity contribution is 0.577. The van der Waals surface area contributed by atoms with Gasteiger partial charge in [0.15, 0.2) is 0 Å². The van der Waals surface area contributed by atoms with Gasteiger partial charge in [-0.2, -0.15) is 0 Å². The van der Waals surface area contributed by atoms with E-state index in [1.54, 1.807) is 0 Å². The van der Waals surface area contributed by atoms with E-state index < -0.39 is 25.9 Å². The Bertz CT molecular complexity index is 676. The summed E-state index contributed by atoms with van der Waals surface area (Å²) in [7, 11) is -6.12. The van der Waals surface area contributed by atoms with Gasteiger partial charge in [0.25, 0.3) is 0 Å². The molecule has 0 atom stereocenters. The number of hydrogen-bond acceptors (Lipinski definition) is 4. The molecule has 0 radical (unpaired) electrons. The minimum atomic E-state index is -3.88. The maximum Gasteiger partial charge on any atom is 0.241 e. The summed E-state index contributed by atoms with van der Waals surface area (Å²) < 4.78 is 64.1. The predicted octanol–water partition coefficient (Wildman–Crippen LogP) is 0.270. The van der Waals surface area contributed by atoms with Crippen molar-refractivity contribution in [3.8, 4) is 0 Å². The molecule has 9 heteroatoms. The van der Waals surface area contributed by atoms with E-state index in [1.165, 1.54) is 20.9 Å². The average Bonchev–Trinajstić information content (AvgIpc) is 2.26. The maximum atomic E-state index is 13.1. The summed E-state index contributed by atoms with van der Waals surface area (Å²) in [5.41, 5.74) is 0.540. The normalized spacial score (nSPS) is 12.6. The quantitative estimate of drug-likeness (QED) is 0.785. The van der Waals surface area contributed by atoms with E-state index >= 15 is 0 Å². The lowest BCUT2D eigenvalue weighted by Crippen LogP contribution is -2.33. The van der Waals surface area contributed by atoms with Crippen molar-refractivity contribution in [3.05, 3.63) is 29.1 Å². The van der Waals surface area contributed by atoms with E-state index in [-0.39, 0.29) is 28.3 Å². The monoisotopic (exact) mass is 324 g/mol. The summed E-state index contributed by atoms with van der Waals surface area (Å²) in [5, 5.41) is 0. The largest absolute Gasteiger partial charge is 0.241 e. The van der Waals surface area contributed by atoms with Gasteiger partial charge in [-0.1, -0.05) is 0 Å². The molecule has 6 nitrogen and oxygen atoms in total. The molecule has 1 aromatic carbocycles. The molecule has 0 fully saturated rings. The van der Waals surface area contributed by atoms with E-state index in [9.17, 15) is 21.2 Å². The first kappa shape index (κ1) is 17.0. The summed E-state index contributed by atoms with van der Waals surface area (Å²) in [5.74, 6) is -0.890. The fourth-order valence-electron chi connectivity index (χ4n) is 1.81. The molecule has 0 bridgehead atoms. The van der Waals surface area contributed by atoms with Crippen molar-refractivity contribution in [2.45, 2.75) is 18.7 Å². The molecule has 0 unspecified atom stereocenters. The van der Waals surface area contributed by atoms with Crippen LogP contribution in [0.2, 0.25) is 0 Å². The zero-order valence-electron chi connectivity index (χ0n) is 11.4. The van der Waals surface area contributed by atoms with E-state index in [0.29, 0.717) is 0 Å². The fourth-order valence-corrected chi connectivity index (χ4v) is 3.99. The van der Waals surface area contributed by atoms with Crippen LogP contribution in [0.25, 0.3) is 0 Å². The third-order valence-corrected chi connectivity index (χ3v) is 5.80. The number of rotatable bonds is 6. The molecule has 2 N–H and O–H groups in total. The molecule has 0 aromatic heterocycles. The Morgan fingerprint density at radius 3 is 2.05 bits per heavy atom. The average molecular weight is 324 g/mol. The molecule has 0 saturated heterocycles. The topological polar surface area (TPSA) is 92.3 Å². The molecule has 1 rings (SSSR count). The summed E-state index contributed by atoms with van der Waals surface area (Å²) in [6.07, 6.45) is 0. The predicted molar refractivity (Wildman–Crippen MR) is 73.9 cm³/mol. The van der Waals surface area contributed by atoms with Gasteiger partial charge < -0.3 is 0 Å². The summed E-state index contributed by atoms with van der Waals surface area (Å²) in [4.78, 5) is -0.0271. The van der Waals surface area contributed by atoms with Crippen LogP contribution in [0.15, 0.2) is 17.0 Å². The van der Waals surface area contributed by atoms with Crippen LogP contribution in [-0.4, -0.2) is 36.2 Å². The first-order valence-corrected chi connectivity index (χ1v) is 8.90. The molecule has 0 heterocycles. The van der Waals surface area contributed by atoms with Crippen molar-refractivity contribution in [3.63, 3.8) is 0 Å². The van der Waals surface area contributed by atoms with Crippen molar-refractivity contribution in [2.75, 3.05) is 19.3 Å². The Hall–Kier alpha value is -1.03. The Kier molecular flexibility index (Phi) is 5.25. The Morgan fingerprint density at radius 2 is 1.60 bits per heavy atom. The van der Waals surface area contributed by atoms with Gasteiger partial charge in [-0.05, 0) is 44.2 Å². The van der Waals surface area contributed by atoms with Gasteiger partial charge in [-0.3, -0.25) is 0 Å². The van der Waals surface area contributed by atoms with Crippen LogP contribution in [0, 0.1) is 19.7 Å². The molecular weight excluding hydrogens is 307 g/mol. The van der Waals surface area contributed by atoms with Crippen LogP contribution in [0.3, 0.4) is 0 Å². The molecule has 0 spiro atoms. The third-order valence-electron chi connectivity index (χ3n) is 2.67. The number of aryl methyl sites for hydroxylation is 2. The van der Waals surface area contributed by atoms with Crippen LogP contribution in [-0.2, 0) is 20.0 Å². The molecule has 0 amide bonds. The van der Waals surface area contributed by atoms with Gasteiger partial charge >= 0.3 is 0 Å². The fraction of sp³-hybridized carbons (Fsp3) is 0.455. The van der Waals surface area contributed by atoms with Gasteiger partial charge in [-0.25, -0.2) is 30.7 Å². The van der Waals surface area contributed by atoms with Gasteiger partial charge in [0.05, 0.1) is 10.6 Å². The summed E-state index contributed by atoms with van der Waals surface area (Å²) >= 11 is 0. The second-order valence-corrected chi connectivity index (χ2v) is 8.04. The van der Waals surface area contributed by atoms with Gasteiger partial charge in [0.2, 0.25) is 20.0 Å². The van der Waals surface area contributed by atoms with Crippen LogP contribution in [0.5, 0.6) is 0 Å². The first-order valence-electron chi connectivity index (χ1n) is 5.76. The highest BCUT2D eigenvalue weighted by Gasteiger charge is 2.20. The number of nitrogens with one attached hydrogen (secondary N) is 2. The van der Waals surface area contributed by atoms with E-state index in [4.69, 9.17) is 0 Å². The second kappa shape index (κ2) is 6.17. The van der Waals surface area contributed by atoms with Crippen molar-refractivity contribution in [2.24, 2.45) is 0 Å².